The Labute approximate surface area is 69.4 Å². The highest BCUT2D eigenvalue weighted by Gasteiger charge is 2.38. The van der Waals surface area contributed by atoms with Crippen LogP contribution in [0, 0.1) is 0 Å². The Morgan fingerprint density at radius 1 is 1.82 bits per heavy atom. The van der Waals surface area contributed by atoms with Crippen LogP contribution in [-0.2, 0) is 9.53 Å². The van der Waals surface area contributed by atoms with E-state index in [4.69, 9.17) is 4.74 Å². The number of carbonyl (C=O) groups excluding carboxylic acids is 1. The summed E-state index contributed by atoms with van der Waals surface area (Å²) in [4.78, 5) is 12.6. The lowest BCUT2D eigenvalue weighted by Crippen LogP contribution is -2.49. The second kappa shape index (κ2) is 2.53. The van der Waals surface area contributed by atoms with E-state index in [1.807, 2.05) is 12.3 Å². The summed E-state index contributed by atoms with van der Waals surface area (Å²) in [7, 11) is 1.68. The molecule has 1 saturated heterocycles. The van der Waals surface area contributed by atoms with Crippen LogP contribution in [-0.4, -0.2) is 28.7 Å². The molecule has 1 fully saturated rings. The molecule has 2 atom stereocenters. The first kappa shape index (κ1) is 7.18. The summed E-state index contributed by atoms with van der Waals surface area (Å²) in [5.74, 6) is 0.216. The number of ether oxygens (including phenoxy) is 1. The van der Waals surface area contributed by atoms with Crippen molar-refractivity contribution in [1.82, 2.24) is 4.90 Å². The number of fused-ring (bicyclic) bond motifs is 1. The van der Waals surface area contributed by atoms with Crippen LogP contribution in [0.25, 0.3) is 0 Å². The van der Waals surface area contributed by atoms with Gasteiger partial charge in [0.15, 0.2) is 0 Å². The first-order chi connectivity index (χ1) is 5.31. The van der Waals surface area contributed by atoms with E-state index < -0.39 is 0 Å². The zero-order valence-electron chi connectivity index (χ0n) is 6.19. The number of nitrogens with zero attached hydrogens (tertiary/aromatic N) is 1. The molecule has 1 amide bonds. The Hall–Kier alpha value is -0.480. The summed E-state index contributed by atoms with van der Waals surface area (Å²) in [6.07, 6.45) is 4.38. The van der Waals surface area contributed by atoms with E-state index in [1.165, 1.54) is 0 Å². The van der Waals surface area contributed by atoms with Gasteiger partial charge in [0.25, 0.3) is 0 Å². The van der Waals surface area contributed by atoms with Gasteiger partial charge >= 0.3 is 0 Å². The van der Waals surface area contributed by atoms with Crippen molar-refractivity contribution in [2.24, 2.45) is 0 Å². The molecular weight excluding hydrogens is 162 g/mol. The maximum Gasteiger partial charge on any atom is 0.230 e. The van der Waals surface area contributed by atoms with Gasteiger partial charge in [0.05, 0.1) is 11.8 Å². The molecule has 2 rings (SSSR count). The van der Waals surface area contributed by atoms with Gasteiger partial charge in [-0.1, -0.05) is 0 Å². The summed E-state index contributed by atoms with van der Waals surface area (Å²) < 4.78 is 5.12. The highest BCUT2D eigenvalue weighted by Crippen LogP contribution is 2.36. The molecule has 2 aliphatic heterocycles. The molecular formula is C7H9NO2S. The summed E-state index contributed by atoms with van der Waals surface area (Å²) in [6, 6.07) is 0. The average Bonchev–Trinajstić information content (AvgIpc) is 2.02. The molecule has 2 heterocycles. The smallest absolute Gasteiger partial charge is 0.230 e. The van der Waals surface area contributed by atoms with E-state index in [1.54, 1.807) is 23.8 Å². The van der Waals surface area contributed by atoms with Crippen molar-refractivity contribution >= 4 is 17.7 Å². The molecule has 4 heteroatoms. The van der Waals surface area contributed by atoms with E-state index in [9.17, 15) is 4.79 Å². The maximum absolute atomic E-state index is 10.9. The van der Waals surface area contributed by atoms with Gasteiger partial charge in [-0.3, -0.25) is 4.79 Å². The van der Waals surface area contributed by atoms with E-state index in [-0.39, 0.29) is 11.3 Å². The lowest BCUT2D eigenvalue weighted by Gasteiger charge is -2.41. The van der Waals surface area contributed by atoms with E-state index in [0.29, 0.717) is 11.8 Å². The quantitative estimate of drug-likeness (QED) is 0.546. The standard InChI is InChI=1S/C7H9NO2S/c1-10-7-2-3-8-5(9)4-6(8)11-7/h2-3,6-7H,4H2,1H3/t6-,7?/m0/s1. The van der Waals surface area contributed by atoms with Crippen molar-refractivity contribution < 1.29 is 9.53 Å². The van der Waals surface area contributed by atoms with E-state index >= 15 is 0 Å². The third kappa shape index (κ3) is 1.06. The van der Waals surface area contributed by atoms with Crippen LogP contribution in [0.3, 0.4) is 0 Å². The van der Waals surface area contributed by atoms with Crippen LogP contribution >= 0.6 is 11.8 Å². The number of thioether (sulfide) groups is 1. The first-order valence-corrected chi connectivity index (χ1v) is 4.43. The van der Waals surface area contributed by atoms with Gasteiger partial charge in [-0.2, -0.15) is 0 Å². The third-order valence-corrected chi connectivity index (χ3v) is 3.20. The molecule has 1 unspecified atom stereocenters. The molecule has 0 aliphatic carbocycles. The second-order valence-electron chi connectivity index (χ2n) is 2.54. The summed E-state index contributed by atoms with van der Waals surface area (Å²) in [5, 5.41) is 0.331. The van der Waals surface area contributed by atoms with E-state index in [2.05, 4.69) is 0 Å². The number of β-lactam (4-membered cyclic amide) rings is 1. The minimum atomic E-state index is 0.129. The summed E-state index contributed by atoms with van der Waals surface area (Å²) >= 11 is 1.68. The monoisotopic (exact) mass is 171 g/mol. The topological polar surface area (TPSA) is 29.5 Å². The Morgan fingerprint density at radius 2 is 2.64 bits per heavy atom. The fourth-order valence-electron chi connectivity index (χ4n) is 1.19. The van der Waals surface area contributed by atoms with Gasteiger partial charge in [0.2, 0.25) is 5.91 Å². The van der Waals surface area contributed by atoms with Crippen molar-refractivity contribution in [3.8, 4) is 0 Å². The molecule has 11 heavy (non-hydrogen) atoms. The Morgan fingerprint density at radius 3 is 3.18 bits per heavy atom. The average molecular weight is 171 g/mol. The predicted molar refractivity (Wildman–Crippen MR) is 42.8 cm³/mol. The van der Waals surface area contributed by atoms with E-state index in [0.717, 1.165) is 0 Å². The van der Waals surface area contributed by atoms with Crippen molar-refractivity contribution in [3.05, 3.63) is 12.3 Å². The molecule has 0 radical (unpaired) electrons. The number of hydrogen-bond donors (Lipinski definition) is 0. The number of hydrogen-bond acceptors (Lipinski definition) is 3. The summed E-state index contributed by atoms with van der Waals surface area (Å²) in [5.41, 5.74) is 0.129. The highest BCUT2D eigenvalue weighted by atomic mass is 32.2. The molecule has 0 N–H and O–H groups in total. The molecule has 0 aromatic carbocycles. The second-order valence-corrected chi connectivity index (χ2v) is 3.82. The third-order valence-electron chi connectivity index (χ3n) is 1.87. The molecule has 2 aliphatic rings. The van der Waals surface area contributed by atoms with Crippen LogP contribution in [0.2, 0.25) is 0 Å². The first-order valence-electron chi connectivity index (χ1n) is 3.49. The van der Waals surface area contributed by atoms with Gasteiger partial charge < -0.3 is 9.64 Å². The van der Waals surface area contributed by atoms with Gasteiger partial charge in [-0.05, 0) is 6.08 Å². The fourth-order valence-corrected chi connectivity index (χ4v) is 2.33. The van der Waals surface area contributed by atoms with Gasteiger partial charge in [-0.25, -0.2) is 0 Å². The zero-order chi connectivity index (χ0) is 7.84. The van der Waals surface area contributed by atoms with Crippen LogP contribution < -0.4 is 0 Å². The van der Waals surface area contributed by atoms with Crippen LogP contribution in [0.4, 0.5) is 0 Å². The number of methoxy groups -OCH3 is 1. The molecule has 0 bridgehead atoms. The van der Waals surface area contributed by atoms with Crippen molar-refractivity contribution in [1.29, 1.82) is 0 Å². The van der Waals surface area contributed by atoms with Crippen molar-refractivity contribution in [2.45, 2.75) is 17.2 Å². The van der Waals surface area contributed by atoms with Crippen molar-refractivity contribution in [2.75, 3.05) is 7.11 Å². The van der Waals surface area contributed by atoms with Crippen molar-refractivity contribution in [3.63, 3.8) is 0 Å². The molecule has 0 aromatic heterocycles. The molecule has 0 aromatic rings. The lowest BCUT2D eigenvalue weighted by atomic mass is 10.2. The fraction of sp³-hybridized carbons (Fsp3) is 0.571. The molecule has 0 saturated carbocycles. The van der Waals surface area contributed by atoms with Crippen LogP contribution in [0.15, 0.2) is 12.3 Å². The number of amides is 1. The number of rotatable bonds is 1. The lowest BCUT2D eigenvalue weighted by molar-refractivity contribution is -0.137. The van der Waals surface area contributed by atoms with Crippen LogP contribution in [0.5, 0.6) is 0 Å². The number of carbonyl (C=O) groups is 1. The Balaban J connectivity index is 2.06. The normalized spacial score (nSPS) is 35.0. The SMILES string of the molecule is COC1C=CN2C(=O)C[C@@H]2S1. The predicted octanol–water partition coefficient (Wildman–Crippen LogP) is 0.778. The molecule has 60 valence electrons. The minimum absolute atomic E-state index is 0.129. The van der Waals surface area contributed by atoms with Crippen LogP contribution in [0.1, 0.15) is 6.42 Å². The maximum atomic E-state index is 10.9. The largest absolute Gasteiger partial charge is 0.367 e. The van der Waals surface area contributed by atoms with Gasteiger partial charge in [-0.15, -0.1) is 11.8 Å². The Bertz CT molecular complexity index is 216. The molecule has 0 spiro atoms. The van der Waals surface area contributed by atoms with Gasteiger partial charge in [0.1, 0.15) is 5.44 Å². The molecule has 3 nitrogen and oxygen atoms in total. The zero-order valence-corrected chi connectivity index (χ0v) is 7.00. The summed E-state index contributed by atoms with van der Waals surface area (Å²) in [6.45, 7) is 0. The van der Waals surface area contributed by atoms with Gasteiger partial charge in [0, 0.05) is 13.3 Å². The highest BCUT2D eigenvalue weighted by molar-refractivity contribution is 8.00. The minimum Gasteiger partial charge on any atom is -0.367 e. The Kier molecular flexibility index (Phi) is 1.65.